The van der Waals surface area contributed by atoms with Crippen molar-refractivity contribution in [3.05, 3.63) is 39.9 Å². The van der Waals surface area contributed by atoms with Crippen molar-refractivity contribution in [1.29, 1.82) is 0 Å². The van der Waals surface area contributed by atoms with Crippen LogP contribution >= 0.6 is 0 Å². The summed E-state index contributed by atoms with van der Waals surface area (Å²) >= 11 is 0. The van der Waals surface area contributed by atoms with E-state index in [2.05, 4.69) is 10.6 Å². The molecule has 0 aromatic heterocycles. The molecule has 0 aliphatic carbocycles. The Morgan fingerprint density at radius 1 is 1.35 bits per heavy atom. The molecule has 1 aromatic carbocycles. The number of nitrogens with zero attached hydrogens (tertiary/aromatic N) is 1. The number of amides is 2. The van der Waals surface area contributed by atoms with Gasteiger partial charge in [-0.2, -0.15) is 0 Å². The molecule has 1 atom stereocenters. The van der Waals surface area contributed by atoms with E-state index in [0.29, 0.717) is 13.0 Å². The van der Waals surface area contributed by atoms with Crippen LogP contribution in [0.1, 0.15) is 29.6 Å². The first-order chi connectivity index (χ1) is 9.59. The molecule has 2 rings (SSSR count). The molecule has 1 unspecified atom stereocenters. The first-order valence-electron chi connectivity index (χ1n) is 6.41. The van der Waals surface area contributed by atoms with Crippen LogP contribution < -0.4 is 10.6 Å². The van der Waals surface area contributed by atoms with Crippen molar-refractivity contribution in [1.82, 2.24) is 10.6 Å². The standard InChI is InChI=1S/C13H15N3O4/c17-12(9-5-1-2-7-11(9)16(19)20)15-10-6-3-4-8-14-13(10)18/h1-2,5,7,10H,3-4,6,8H2,(H,14,18)(H,15,17). The quantitative estimate of drug-likeness (QED) is 0.635. The van der Waals surface area contributed by atoms with E-state index in [1.807, 2.05) is 0 Å². The Balaban J connectivity index is 2.15. The number of rotatable bonds is 3. The van der Waals surface area contributed by atoms with Crippen LogP contribution in [0.2, 0.25) is 0 Å². The number of nitro groups is 1. The van der Waals surface area contributed by atoms with Gasteiger partial charge < -0.3 is 10.6 Å². The highest BCUT2D eigenvalue weighted by Crippen LogP contribution is 2.18. The Bertz CT molecular complexity index is 544. The van der Waals surface area contributed by atoms with Gasteiger partial charge in [0.2, 0.25) is 5.91 Å². The third-order valence-electron chi connectivity index (χ3n) is 3.19. The number of carbonyl (C=O) groups excluding carboxylic acids is 2. The zero-order valence-electron chi connectivity index (χ0n) is 10.8. The van der Waals surface area contributed by atoms with E-state index in [-0.39, 0.29) is 17.2 Å². The molecule has 106 valence electrons. The van der Waals surface area contributed by atoms with Gasteiger partial charge in [-0.05, 0) is 25.3 Å². The molecule has 7 nitrogen and oxygen atoms in total. The molecule has 1 fully saturated rings. The zero-order valence-corrected chi connectivity index (χ0v) is 10.8. The van der Waals surface area contributed by atoms with Crippen LogP contribution in [0.5, 0.6) is 0 Å². The number of hydrogen-bond acceptors (Lipinski definition) is 4. The molecular weight excluding hydrogens is 262 g/mol. The lowest BCUT2D eigenvalue weighted by atomic mass is 10.1. The smallest absolute Gasteiger partial charge is 0.282 e. The van der Waals surface area contributed by atoms with Crippen molar-refractivity contribution in [2.24, 2.45) is 0 Å². The number of benzene rings is 1. The third-order valence-corrected chi connectivity index (χ3v) is 3.19. The molecule has 1 heterocycles. The molecule has 1 aliphatic heterocycles. The summed E-state index contributed by atoms with van der Waals surface area (Å²) in [5.74, 6) is -0.839. The molecule has 2 N–H and O–H groups in total. The monoisotopic (exact) mass is 277 g/mol. The van der Waals surface area contributed by atoms with E-state index >= 15 is 0 Å². The largest absolute Gasteiger partial charge is 0.354 e. The Hall–Kier alpha value is -2.44. The van der Waals surface area contributed by atoms with Crippen LogP contribution in [0.4, 0.5) is 5.69 Å². The molecule has 0 spiro atoms. The van der Waals surface area contributed by atoms with E-state index in [0.717, 1.165) is 12.8 Å². The van der Waals surface area contributed by atoms with Gasteiger partial charge in [-0.3, -0.25) is 19.7 Å². The summed E-state index contributed by atoms with van der Waals surface area (Å²) in [4.78, 5) is 34.1. The lowest BCUT2D eigenvalue weighted by molar-refractivity contribution is -0.385. The zero-order chi connectivity index (χ0) is 14.5. The molecule has 1 saturated heterocycles. The van der Waals surface area contributed by atoms with E-state index in [1.165, 1.54) is 18.2 Å². The van der Waals surface area contributed by atoms with Crippen LogP contribution in [0, 0.1) is 10.1 Å². The van der Waals surface area contributed by atoms with Crippen molar-refractivity contribution in [3.8, 4) is 0 Å². The Labute approximate surface area is 115 Å². The summed E-state index contributed by atoms with van der Waals surface area (Å²) in [6.45, 7) is 0.594. The number of hydrogen-bond donors (Lipinski definition) is 2. The van der Waals surface area contributed by atoms with Gasteiger partial charge in [-0.15, -0.1) is 0 Å². The van der Waals surface area contributed by atoms with Gasteiger partial charge in [0.15, 0.2) is 0 Å². The highest BCUT2D eigenvalue weighted by Gasteiger charge is 2.26. The van der Waals surface area contributed by atoms with Crippen LogP contribution in [0.3, 0.4) is 0 Å². The summed E-state index contributed by atoms with van der Waals surface area (Å²) in [5, 5.41) is 16.2. The summed E-state index contributed by atoms with van der Waals surface area (Å²) in [5.41, 5.74) is -0.298. The molecule has 7 heteroatoms. The van der Waals surface area contributed by atoms with Crippen LogP contribution in [-0.2, 0) is 4.79 Å². The first kappa shape index (κ1) is 14.0. The summed E-state index contributed by atoms with van der Waals surface area (Å²) in [7, 11) is 0. The fourth-order valence-electron chi connectivity index (χ4n) is 2.14. The number of nitrogens with one attached hydrogen (secondary N) is 2. The minimum atomic E-state index is -0.634. The maximum Gasteiger partial charge on any atom is 0.282 e. The van der Waals surface area contributed by atoms with Gasteiger partial charge in [0.25, 0.3) is 11.6 Å². The van der Waals surface area contributed by atoms with Gasteiger partial charge in [-0.25, -0.2) is 0 Å². The molecule has 1 aromatic rings. The predicted molar refractivity (Wildman–Crippen MR) is 71.2 cm³/mol. The van der Waals surface area contributed by atoms with Gasteiger partial charge in [0, 0.05) is 12.6 Å². The third kappa shape index (κ3) is 3.11. The molecule has 0 bridgehead atoms. The second kappa shape index (κ2) is 6.14. The van der Waals surface area contributed by atoms with Gasteiger partial charge in [-0.1, -0.05) is 12.1 Å². The average molecular weight is 277 g/mol. The van der Waals surface area contributed by atoms with Crippen LogP contribution in [0.15, 0.2) is 24.3 Å². The number of nitro benzene ring substituents is 1. The molecule has 0 saturated carbocycles. The Morgan fingerprint density at radius 2 is 2.10 bits per heavy atom. The van der Waals surface area contributed by atoms with Crippen molar-refractivity contribution < 1.29 is 14.5 Å². The summed E-state index contributed by atoms with van der Waals surface area (Å²) < 4.78 is 0. The lowest BCUT2D eigenvalue weighted by Crippen LogP contribution is -2.45. The lowest BCUT2D eigenvalue weighted by Gasteiger charge is -2.15. The predicted octanol–water partition coefficient (Wildman–Crippen LogP) is 0.993. The van der Waals surface area contributed by atoms with Gasteiger partial charge >= 0.3 is 0 Å². The normalized spacial score (nSPS) is 18.8. The van der Waals surface area contributed by atoms with Crippen molar-refractivity contribution in [2.45, 2.75) is 25.3 Å². The van der Waals surface area contributed by atoms with Gasteiger partial charge in [0.1, 0.15) is 11.6 Å². The van der Waals surface area contributed by atoms with E-state index in [9.17, 15) is 19.7 Å². The second-order valence-corrected chi connectivity index (χ2v) is 4.59. The fourth-order valence-corrected chi connectivity index (χ4v) is 2.14. The molecule has 2 amide bonds. The average Bonchev–Trinajstić information content (AvgIpc) is 2.64. The van der Waals surface area contributed by atoms with Crippen molar-refractivity contribution in [2.75, 3.05) is 6.54 Å². The van der Waals surface area contributed by atoms with Crippen LogP contribution in [0.25, 0.3) is 0 Å². The minimum Gasteiger partial charge on any atom is -0.354 e. The highest BCUT2D eigenvalue weighted by molar-refractivity contribution is 6.00. The van der Waals surface area contributed by atoms with Crippen LogP contribution in [-0.4, -0.2) is 29.3 Å². The molecule has 20 heavy (non-hydrogen) atoms. The Morgan fingerprint density at radius 3 is 2.85 bits per heavy atom. The topological polar surface area (TPSA) is 101 Å². The highest BCUT2D eigenvalue weighted by atomic mass is 16.6. The summed E-state index contributed by atoms with van der Waals surface area (Å²) in [6, 6.07) is 5.05. The van der Waals surface area contributed by atoms with E-state index in [4.69, 9.17) is 0 Å². The number of para-hydroxylation sites is 1. The minimum absolute atomic E-state index is 0.0328. The second-order valence-electron chi connectivity index (χ2n) is 4.59. The molecule has 1 aliphatic rings. The number of carbonyl (C=O) groups is 2. The molecular formula is C13H15N3O4. The maximum absolute atomic E-state index is 12.1. The van der Waals surface area contributed by atoms with Crippen molar-refractivity contribution in [3.63, 3.8) is 0 Å². The molecule has 0 radical (unpaired) electrons. The maximum atomic E-state index is 12.1. The van der Waals surface area contributed by atoms with E-state index in [1.54, 1.807) is 6.07 Å². The Kier molecular flexibility index (Phi) is 4.29. The first-order valence-corrected chi connectivity index (χ1v) is 6.41. The van der Waals surface area contributed by atoms with Gasteiger partial charge in [0.05, 0.1) is 4.92 Å². The SMILES string of the molecule is O=C(NC1CCCCNC1=O)c1ccccc1[N+](=O)[O-]. The fraction of sp³-hybridized carbons (Fsp3) is 0.385. The van der Waals surface area contributed by atoms with E-state index < -0.39 is 16.9 Å². The summed E-state index contributed by atoms with van der Waals surface area (Å²) in [6.07, 6.45) is 2.22. The van der Waals surface area contributed by atoms with Crippen molar-refractivity contribution >= 4 is 17.5 Å².